The van der Waals surface area contributed by atoms with Gasteiger partial charge in [0.05, 0.1) is 22.3 Å². The number of thiazole rings is 1. The molecule has 30 heavy (non-hydrogen) atoms. The number of aliphatic hydroxyl groups is 4. The van der Waals surface area contributed by atoms with E-state index in [0.717, 1.165) is 21.2 Å². The van der Waals surface area contributed by atoms with Crippen LogP contribution in [0.3, 0.4) is 0 Å². The van der Waals surface area contributed by atoms with Crippen LogP contribution in [-0.2, 0) is 11.2 Å². The fourth-order valence-electron chi connectivity index (χ4n) is 3.59. The molecule has 0 amide bonds. The number of hydrogen-bond donors (Lipinski definition) is 4. The van der Waals surface area contributed by atoms with Gasteiger partial charge >= 0.3 is 0 Å². The number of aromatic nitrogens is 1. The molecule has 5 atom stereocenters. The Morgan fingerprint density at radius 3 is 2.67 bits per heavy atom. The first-order valence-corrected chi connectivity index (χ1v) is 10.7. The van der Waals surface area contributed by atoms with Crippen molar-refractivity contribution in [1.82, 2.24) is 4.98 Å². The van der Waals surface area contributed by atoms with Crippen molar-refractivity contribution in [1.29, 1.82) is 0 Å². The van der Waals surface area contributed by atoms with Crippen LogP contribution in [0, 0.1) is 0 Å². The highest BCUT2D eigenvalue weighted by Gasteiger charge is 2.43. The van der Waals surface area contributed by atoms with Gasteiger partial charge in [0.2, 0.25) is 0 Å². The number of rotatable bonds is 6. The first-order valence-electron chi connectivity index (χ1n) is 9.55. The van der Waals surface area contributed by atoms with Crippen LogP contribution in [0.1, 0.15) is 28.7 Å². The lowest BCUT2D eigenvalue weighted by Crippen LogP contribution is -2.54. The number of benzene rings is 1. The largest absolute Gasteiger partial charge is 0.463 e. The molecule has 1 saturated heterocycles. The number of aliphatic hydroxyl groups excluding tert-OH is 4. The van der Waals surface area contributed by atoms with E-state index in [1.807, 2.05) is 18.2 Å². The van der Waals surface area contributed by atoms with Gasteiger partial charge in [-0.2, -0.15) is 0 Å². The quantitative estimate of drug-likeness (QED) is 0.455. The van der Waals surface area contributed by atoms with Gasteiger partial charge in [0.15, 0.2) is 0 Å². The fourth-order valence-corrected chi connectivity index (χ4v) is 4.68. The Balaban J connectivity index is 1.57. The van der Waals surface area contributed by atoms with Gasteiger partial charge in [-0.05, 0) is 35.7 Å². The molecule has 0 bridgehead atoms. The molecule has 9 heteroatoms. The summed E-state index contributed by atoms with van der Waals surface area (Å²) < 4.78 is 11.2. The molecule has 7 nitrogen and oxygen atoms in total. The lowest BCUT2D eigenvalue weighted by Gasteiger charge is -2.41. The molecule has 0 unspecified atom stereocenters. The minimum Gasteiger partial charge on any atom is -0.463 e. The molecule has 1 fully saturated rings. The first-order chi connectivity index (χ1) is 14.5. The van der Waals surface area contributed by atoms with Crippen molar-refractivity contribution in [3.63, 3.8) is 0 Å². The SMILES string of the molecule is OCC[C@H]1O[C@@H](c2ccc(Cl)c(Cc3ncc(-c4ccco4)s3)c2)[C@H](O)[C@H](O)[C@@H]1O. The highest BCUT2D eigenvalue weighted by Crippen LogP contribution is 2.36. The van der Waals surface area contributed by atoms with E-state index in [0.29, 0.717) is 17.0 Å². The topological polar surface area (TPSA) is 116 Å². The molecule has 1 aliphatic rings. The molecule has 0 radical (unpaired) electrons. The molecule has 1 aliphatic heterocycles. The molecule has 3 aromatic rings. The summed E-state index contributed by atoms with van der Waals surface area (Å²) in [6, 6.07) is 8.93. The van der Waals surface area contributed by atoms with Crippen molar-refractivity contribution in [2.24, 2.45) is 0 Å². The third kappa shape index (κ3) is 4.31. The highest BCUT2D eigenvalue weighted by atomic mass is 35.5. The van der Waals surface area contributed by atoms with E-state index in [9.17, 15) is 20.4 Å². The summed E-state index contributed by atoms with van der Waals surface area (Å²) in [5, 5.41) is 41.4. The number of hydrogen-bond acceptors (Lipinski definition) is 8. The summed E-state index contributed by atoms with van der Waals surface area (Å²) in [6.07, 6.45) is -1.61. The summed E-state index contributed by atoms with van der Waals surface area (Å²) in [7, 11) is 0. The van der Waals surface area contributed by atoms with Gasteiger partial charge in [-0.15, -0.1) is 11.3 Å². The molecule has 0 spiro atoms. The lowest BCUT2D eigenvalue weighted by molar-refractivity contribution is -0.227. The molecule has 1 aromatic carbocycles. The van der Waals surface area contributed by atoms with Crippen molar-refractivity contribution < 1.29 is 29.6 Å². The van der Waals surface area contributed by atoms with Gasteiger partial charge in [0.25, 0.3) is 0 Å². The molecular formula is C21H22ClNO6S. The van der Waals surface area contributed by atoms with Gasteiger partial charge < -0.3 is 29.6 Å². The number of furan rings is 1. The maximum Gasteiger partial charge on any atom is 0.145 e. The van der Waals surface area contributed by atoms with Gasteiger partial charge in [0, 0.05) is 24.2 Å². The average Bonchev–Trinajstić information content (AvgIpc) is 3.42. The van der Waals surface area contributed by atoms with Crippen molar-refractivity contribution in [3.05, 3.63) is 63.9 Å². The van der Waals surface area contributed by atoms with E-state index >= 15 is 0 Å². The summed E-state index contributed by atoms with van der Waals surface area (Å²) in [5.74, 6) is 0.750. The van der Waals surface area contributed by atoms with Crippen LogP contribution >= 0.6 is 22.9 Å². The summed E-state index contributed by atoms with van der Waals surface area (Å²) in [4.78, 5) is 5.36. The van der Waals surface area contributed by atoms with Crippen LogP contribution in [0.5, 0.6) is 0 Å². The lowest BCUT2D eigenvalue weighted by atomic mass is 9.89. The Morgan fingerprint density at radius 1 is 1.10 bits per heavy atom. The van der Waals surface area contributed by atoms with Gasteiger partial charge in [-0.1, -0.05) is 23.7 Å². The zero-order valence-corrected chi connectivity index (χ0v) is 17.5. The molecule has 160 valence electrons. The summed E-state index contributed by atoms with van der Waals surface area (Å²) in [6.45, 7) is -0.203. The third-order valence-corrected chi connectivity index (χ3v) is 6.56. The van der Waals surface area contributed by atoms with E-state index < -0.39 is 30.5 Å². The third-order valence-electron chi connectivity index (χ3n) is 5.18. The van der Waals surface area contributed by atoms with Crippen molar-refractivity contribution >= 4 is 22.9 Å². The van der Waals surface area contributed by atoms with Crippen LogP contribution in [0.2, 0.25) is 5.02 Å². The standard InChI is InChI=1S/C21H22ClNO6S/c22-13-4-3-11(21-20(27)19(26)18(25)15(29-21)5-6-24)8-12(13)9-17-23-10-16(30-17)14-2-1-7-28-14/h1-4,7-8,10,15,18-21,24-27H,5-6,9H2/t15-,18-,19-,20-,21+/m1/s1. The average molecular weight is 452 g/mol. The fraction of sp³-hybridized carbons (Fsp3) is 0.381. The second kappa shape index (κ2) is 9.15. The minimum atomic E-state index is -1.38. The normalized spacial score (nSPS) is 26.8. The summed E-state index contributed by atoms with van der Waals surface area (Å²) in [5.41, 5.74) is 1.42. The Bertz CT molecular complexity index is 978. The Morgan fingerprint density at radius 2 is 1.93 bits per heavy atom. The van der Waals surface area contributed by atoms with Crippen molar-refractivity contribution in [2.75, 3.05) is 6.61 Å². The maximum atomic E-state index is 10.5. The van der Waals surface area contributed by atoms with E-state index in [1.165, 1.54) is 11.3 Å². The molecule has 0 saturated carbocycles. The predicted molar refractivity (Wildman–Crippen MR) is 111 cm³/mol. The van der Waals surface area contributed by atoms with Crippen molar-refractivity contribution in [3.8, 4) is 10.6 Å². The monoisotopic (exact) mass is 451 g/mol. The molecule has 2 aromatic heterocycles. The van der Waals surface area contributed by atoms with Crippen LogP contribution in [-0.4, -0.2) is 56.4 Å². The predicted octanol–water partition coefficient (Wildman–Crippen LogP) is 2.55. The Kier molecular flexibility index (Phi) is 6.54. The van der Waals surface area contributed by atoms with Gasteiger partial charge in [-0.3, -0.25) is 0 Å². The van der Waals surface area contributed by atoms with Crippen LogP contribution < -0.4 is 0 Å². The first kappa shape index (κ1) is 21.5. The van der Waals surface area contributed by atoms with Crippen molar-refractivity contribution in [2.45, 2.75) is 43.4 Å². The maximum absolute atomic E-state index is 10.5. The van der Waals surface area contributed by atoms with Gasteiger partial charge in [-0.25, -0.2) is 4.98 Å². The van der Waals surface area contributed by atoms with E-state index in [4.69, 9.17) is 20.8 Å². The molecule has 3 heterocycles. The molecule has 0 aliphatic carbocycles. The second-order valence-corrected chi connectivity index (χ2v) is 8.72. The molecule has 4 N–H and O–H groups in total. The number of halogens is 1. The van der Waals surface area contributed by atoms with Crippen LogP contribution in [0.15, 0.2) is 47.2 Å². The Labute approximate surface area is 182 Å². The number of nitrogens with zero attached hydrogens (tertiary/aromatic N) is 1. The Hall–Kier alpha value is -1.78. The highest BCUT2D eigenvalue weighted by molar-refractivity contribution is 7.15. The molecular weight excluding hydrogens is 430 g/mol. The van der Waals surface area contributed by atoms with Crippen LogP contribution in [0.4, 0.5) is 0 Å². The zero-order valence-electron chi connectivity index (χ0n) is 15.9. The van der Waals surface area contributed by atoms with E-state index in [-0.39, 0.29) is 13.0 Å². The summed E-state index contributed by atoms with van der Waals surface area (Å²) >= 11 is 7.89. The van der Waals surface area contributed by atoms with Gasteiger partial charge in [0.1, 0.15) is 30.2 Å². The number of ether oxygens (including phenoxy) is 1. The zero-order chi connectivity index (χ0) is 21.3. The van der Waals surface area contributed by atoms with E-state index in [1.54, 1.807) is 24.6 Å². The molecule has 4 rings (SSSR count). The minimum absolute atomic E-state index is 0.149. The van der Waals surface area contributed by atoms with Crippen LogP contribution in [0.25, 0.3) is 10.6 Å². The second-order valence-electron chi connectivity index (χ2n) is 7.20. The smallest absolute Gasteiger partial charge is 0.145 e. The van der Waals surface area contributed by atoms with E-state index in [2.05, 4.69) is 4.98 Å².